The predicted molar refractivity (Wildman–Crippen MR) is 65.6 cm³/mol. The maximum atomic E-state index is 3.38. The Bertz CT molecular complexity index is 110. The van der Waals surface area contributed by atoms with E-state index in [2.05, 4.69) is 33.0 Å². The molecular weight excluding hydrogens is 170 g/mol. The molecular formula is C13H29N. The number of hydrogen-bond acceptors (Lipinski definition) is 1. The van der Waals surface area contributed by atoms with Crippen LogP contribution in [-0.2, 0) is 0 Å². The van der Waals surface area contributed by atoms with E-state index in [0.717, 1.165) is 18.4 Å². The van der Waals surface area contributed by atoms with E-state index >= 15 is 0 Å². The average Bonchev–Trinajstić information content (AvgIpc) is 2.15. The zero-order valence-electron chi connectivity index (χ0n) is 10.6. The molecule has 1 atom stereocenters. The van der Waals surface area contributed by atoms with Gasteiger partial charge in [0.25, 0.3) is 0 Å². The molecule has 0 aliphatic carbocycles. The molecule has 0 saturated carbocycles. The highest BCUT2D eigenvalue weighted by Crippen LogP contribution is 2.22. The lowest BCUT2D eigenvalue weighted by Gasteiger charge is -2.19. The predicted octanol–water partition coefficient (Wildman–Crippen LogP) is 3.84. The van der Waals surface area contributed by atoms with Crippen molar-refractivity contribution in [1.82, 2.24) is 5.32 Å². The molecule has 0 spiro atoms. The topological polar surface area (TPSA) is 12.0 Å². The van der Waals surface area contributed by atoms with Crippen LogP contribution in [0.4, 0.5) is 0 Å². The molecule has 0 rings (SSSR count). The van der Waals surface area contributed by atoms with E-state index in [1.54, 1.807) is 0 Å². The molecule has 1 N–H and O–H groups in total. The molecule has 0 saturated heterocycles. The highest BCUT2D eigenvalue weighted by atomic mass is 14.8. The minimum Gasteiger partial charge on any atom is -0.317 e. The summed E-state index contributed by atoms with van der Waals surface area (Å²) in [6, 6.07) is 0. The third-order valence-electron chi connectivity index (χ3n) is 3.03. The van der Waals surface area contributed by atoms with Crippen LogP contribution >= 0.6 is 0 Å². The van der Waals surface area contributed by atoms with Crippen molar-refractivity contribution in [3.63, 3.8) is 0 Å². The molecule has 0 amide bonds. The number of unbranched alkanes of at least 4 members (excludes halogenated alkanes) is 1. The summed E-state index contributed by atoms with van der Waals surface area (Å²) in [6.07, 6.45) is 6.93. The first kappa shape index (κ1) is 14.0. The fourth-order valence-electron chi connectivity index (χ4n) is 2.02. The van der Waals surface area contributed by atoms with Crippen molar-refractivity contribution in [2.45, 2.75) is 59.8 Å². The Balaban J connectivity index is 3.41. The molecule has 0 heterocycles. The van der Waals surface area contributed by atoms with Gasteiger partial charge in [-0.25, -0.2) is 0 Å². The zero-order chi connectivity index (χ0) is 10.8. The zero-order valence-corrected chi connectivity index (χ0v) is 10.6. The summed E-state index contributed by atoms with van der Waals surface area (Å²) in [7, 11) is 0. The van der Waals surface area contributed by atoms with Crippen LogP contribution < -0.4 is 5.32 Å². The van der Waals surface area contributed by atoms with Gasteiger partial charge in [-0.3, -0.25) is 0 Å². The Morgan fingerprint density at radius 3 is 2.21 bits per heavy atom. The van der Waals surface area contributed by atoms with Crippen molar-refractivity contribution in [3.8, 4) is 0 Å². The van der Waals surface area contributed by atoms with Gasteiger partial charge >= 0.3 is 0 Å². The van der Waals surface area contributed by atoms with E-state index in [0.29, 0.717) is 0 Å². The molecule has 1 heteroatoms. The minimum absolute atomic E-state index is 0.870. The van der Waals surface area contributed by atoms with Crippen LogP contribution in [0.2, 0.25) is 0 Å². The highest BCUT2D eigenvalue weighted by Gasteiger charge is 2.11. The summed E-state index contributed by atoms with van der Waals surface area (Å²) in [6.45, 7) is 11.5. The first-order valence-corrected chi connectivity index (χ1v) is 6.43. The number of nitrogens with one attached hydrogen (secondary N) is 1. The van der Waals surface area contributed by atoms with E-state index in [4.69, 9.17) is 0 Å². The summed E-state index contributed by atoms with van der Waals surface area (Å²) in [5, 5.41) is 3.38. The Labute approximate surface area is 90.7 Å². The van der Waals surface area contributed by atoms with Crippen LogP contribution in [0.5, 0.6) is 0 Å². The van der Waals surface area contributed by atoms with E-state index in [1.807, 2.05) is 0 Å². The van der Waals surface area contributed by atoms with E-state index in [1.165, 1.54) is 38.6 Å². The number of rotatable bonds is 9. The molecule has 14 heavy (non-hydrogen) atoms. The van der Waals surface area contributed by atoms with E-state index in [9.17, 15) is 0 Å². The van der Waals surface area contributed by atoms with Gasteiger partial charge in [-0.15, -0.1) is 0 Å². The largest absolute Gasteiger partial charge is 0.317 e. The Morgan fingerprint density at radius 1 is 1.00 bits per heavy atom. The SMILES string of the molecule is CCCC(CCCCNCC)C(C)C. The molecule has 1 unspecified atom stereocenters. The molecule has 0 aromatic heterocycles. The van der Waals surface area contributed by atoms with Gasteiger partial charge in [0.05, 0.1) is 0 Å². The van der Waals surface area contributed by atoms with Crippen LogP contribution in [0.15, 0.2) is 0 Å². The third-order valence-corrected chi connectivity index (χ3v) is 3.03. The van der Waals surface area contributed by atoms with Gasteiger partial charge in [-0.05, 0) is 31.3 Å². The van der Waals surface area contributed by atoms with Crippen molar-refractivity contribution >= 4 is 0 Å². The van der Waals surface area contributed by atoms with Crippen LogP contribution in [0.1, 0.15) is 59.8 Å². The van der Waals surface area contributed by atoms with E-state index in [-0.39, 0.29) is 0 Å². The van der Waals surface area contributed by atoms with Crippen molar-refractivity contribution in [2.24, 2.45) is 11.8 Å². The maximum Gasteiger partial charge on any atom is -0.00490 e. The molecule has 0 bridgehead atoms. The lowest BCUT2D eigenvalue weighted by atomic mass is 9.87. The van der Waals surface area contributed by atoms with Crippen LogP contribution in [-0.4, -0.2) is 13.1 Å². The van der Waals surface area contributed by atoms with Crippen molar-refractivity contribution < 1.29 is 0 Å². The van der Waals surface area contributed by atoms with Crippen LogP contribution in [0.3, 0.4) is 0 Å². The standard InChI is InChI=1S/C13H29N/c1-5-9-13(12(3)4)10-7-8-11-14-6-2/h12-14H,5-11H2,1-4H3. The van der Waals surface area contributed by atoms with Gasteiger partial charge in [0, 0.05) is 0 Å². The lowest BCUT2D eigenvalue weighted by Crippen LogP contribution is -2.15. The van der Waals surface area contributed by atoms with Crippen LogP contribution in [0, 0.1) is 11.8 Å². The monoisotopic (exact) mass is 199 g/mol. The van der Waals surface area contributed by atoms with Gasteiger partial charge in [0.15, 0.2) is 0 Å². The normalized spacial score (nSPS) is 13.5. The second-order valence-corrected chi connectivity index (χ2v) is 4.64. The van der Waals surface area contributed by atoms with Gasteiger partial charge < -0.3 is 5.32 Å². The summed E-state index contributed by atoms with van der Waals surface area (Å²) in [5.74, 6) is 1.83. The molecule has 0 fully saturated rings. The van der Waals surface area contributed by atoms with Crippen LogP contribution in [0.25, 0.3) is 0 Å². The summed E-state index contributed by atoms with van der Waals surface area (Å²) >= 11 is 0. The fraction of sp³-hybridized carbons (Fsp3) is 1.00. The highest BCUT2D eigenvalue weighted by molar-refractivity contribution is 4.63. The smallest absolute Gasteiger partial charge is 0.00490 e. The quantitative estimate of drug-likeness (QED) is 0.556. The fourth-order valence-corrected chi connectivity index (χ4v) is 2.02. The summed E-state index contributed by atoms with van der Waals surface area (Å²) in [5.41, 5.74) is 0. The molecule has 1 nitrogen and oxygen atoms in total. The first-order chi connectivity index (χ1) is 6.72. The van der Waals surface area contributed by atoms with Gasteiger partial charge in [0.1, 0.15) is 0 Å². The van der Waals surface area contributed by atoms with Crippen molar-refractivity contribution in [3.05, 3.63) is 0 Å². The molecule has 0 aliphatic rings. The van der Waals surface area contributed by atoms with E-state index < -0.39 is 0 Å². The average molecular weight is 199 g/mol. The van der Waals surface area contributed by atoms with Crippen molar-refractivity contribution in [1.29, 1.82) is 0 Å². The summed E-state index contributed by atoms with van der Waals surface area (Å²) < 4.78 is 0. The molecule has 0 aromatic carbocycles. The molecule has 0 radical (unpaired) electrons. The Morgan fingerprint density at radius 2 is 1.71 bits per heavy atom. The summed E-state index contributed by atoms with van der Waals surface area (Å²) in [4.78, 5) is 0. The van der Waals surface area contributed by atoms with Gasteiger partial charge in [-0.1, -0.05) is 53.4 Å². The van der Waals surface area contributed by atoms with Gasteiger partial charge in [0.2, 0.25) is 0 Å². The Kier molecular flexibility index (Phi) is 9.49. The first-order valence-electron chi connectivity index (χ1n) is 6.43. The molecule has 0 aromatic rings. The second kappa shape index (κ2) is 9.51. The maximum absolute atomic E-state index is 3.38. The molecule has 86 valence electrons. The van der Waals surface area contributed by atoms with Gasteiger partial charge in [-0.2, -0.15) is 0 Å². The number of hydrogen-bond donors (Lipinski definition) is 1. The minimum atomic E-state index is 0.870. The van der Waals surface area contributed by atoms with Crippen molar-refractivity contribution in [2.75, 3.05) is 13.1 Å². The molecule has 0 aliphatic heterocycles. The lowest BCUT2D eigenvalue weighted by molar-refractivity contribution is 0.322. The Hall–Kier alpha value is -0.0400. The third kappa shape index (κ3) is 7.37. The second-order valence-electron chi connectivity index (χ2n) is 4.64.